The van der Waals surface area contributed by atoms with E-state index in [1.54, 1.807) is 16.2 Å². The second-order valence-corrected chi connectivity index (χ2v) is 6.49. The minimum Gasteiger partial charge on any atom is -0.325 e. The lowest BCUT2D eigenvalue weighted by Gasteiger charge is -2.17. The molecule has 0 N–H and O–H groups in total. The molecule has 2 heterocycles. The first kappa shape index (κ1) is 13.4. The Morgan fingerprint density at radius 1 is 1.61 bits per heavy atom. The summed E-state index contributed by atoms with van der Waals surface area (Å²) in [6.45, 7) is 2.86. The van der Waals surface area contributed by atoms with E-state index in [0.29, 0.717) is 6.54 Å². The second kappa shape index (κ2) is 6.26. The van der Waals surface area contributed by atoms with Gasteiger partial charge in [-0.1, -0.05) is 6.92 Å². The van der Waals surface area contributed by atoms with Gasteiger partial charge in [-0.25, -0.2) is 0 Å². The SMILES string of the molecule is CCCN(CC#N)C(=O)c1cc2c(s1)CCSC2. The van der Waals surface area contributed by atoms with E-state index >= 15 is 0 Å². The fraction of sp³-hybridized carbons (Fsp3) is 0.538. The number of thioether (sulfide) groups is 1. The largest absolute Gasteiger partial charge is 0.325 e. The number of nitriles is 1. The molecule has 0 atom stereocenters. The fourth-order valence-corrected chi connectivity index (χ4v) is 4.36. The van der Waals surface area contributed by atoms with Crippen molar-refractivity contribution in [3.05, 3.63) is 21.4 Å². The summed E-state index contributed by atoms with van der Waals surface area (Å²) in [5.41, 5.74) is 1.31. The molecule has 2 rings (SSSR count). The molecule has 0 saturated heterocycles. The lowest BCUT2D eigenvalue weighted by Crippen LogP contribution is -2.31. The minimum absolute atomic E-state index is 0.0165. The highest BCUT2D eigenvalue weighted by atomic mass is 32.2. The van der Waals surface area contributed by atoms with E-state index in [2.05, 4.69) is 6.07 Å². The molecule has 1 aliphatic rings. The molecule has 0 radical (unpaired) electrons. The molecular formula is C13H16N2OS2. The van der Waals surface area contributed by atoms with Crippen LogP contribution in [0.4, 0.5) is 0 Å². The number of carbonyl (C=O) groups is 1. The smallest absolute Gasteiger partial charge is 0.264 e. The lowest BCUT2D eigenvalue weighted by atomic mass is 10.2. The van der Waals surface area contributed by atoms with Crippen LogP contribution >= 0.6 is 23.1 Å². The number of fused-ring (bicyclic) bond motifs is 1. The van der Waals surface area contributed by atoms with Crippen LogP contribution in [0, 0.1) is 11.3 Å². The van der Waals surface area contributed by atoms with Crippen molar-refractivity contribution in [1.29, 1.82) is 5.26 Å². The molecule has 3 nitrogen and oxygen atoms in total. The molecule has 1 aliphatic heterocycles. The number of rotatable bonds is 4. The lowest BCUT2D eigenvalue weighted by molar-refractivity contribution is 0.0781. The summed E-state index contributed by atoms with van der Waals surface area (Å²) in [6.07, 6.45) is 1.96. The normalized spacial score (nSPS) is 13.8. The minimum atomic E-state index is 0.0165. The van der Waals surface area contributed by atoms with Gasteiger partial charge in [-0.05, 0) is 30.2 Å². The monoisotopic (exact) mass is 280 g/mol. The molecule has 0 aliphatic carbocycles. The third-order valence-corrected chi connectivity index (χ3v) is 5.11. The van der Waals surface area contributed by atoms with Crippen molar-refractivity contribution in [1.82, 2.24) is 4.90 Å². The number of carbonyl (C=O) groups excluding carboxylic acids is 1. The maximum Gasteiger partial charge on any atom is 0.264 e. The average Bonchev–Trinajstić information content (AvgIpc) is 2.81. The van der Waals surface area contributed by atoms with Crippen molar-refractivity contribution in [2.75, 3.05) is 18.8 Å². The maximum atomic E-state index is 12.3. The van der Waals surface area contributed by atoms with Gasteiger partial charge < -0.3 is 4.90 Å². The number of amides is 1. The van der Waals surface area contributed by atoms with E-state index in [1.165, 1.54) is 10.4 Å². The summed E-state index contributed by atoms with van der Waals surface area (Å²) >= 11 is 3.53. The number of aryl methyl sites for hydroxylation is 1. The van der Waals surface area contributed by atoms with Crippen molar-refractivity contribution < 1.29 is 4.79 Å². The standard InChI is InChI=1S/C13H16N2OS2/c1-2-5-15(6-4-14)13(16)12-8-10-9-17-7-3-11(10)18-12/h8H,2-3,5-7,9H2,1H3. The van der Waals surface area contributed by atoms with Crippen LogP contribution in [-0.4, -0.2) is 29.6 Å². The zero-order valence-corrected chi connectivity index (χ0v) is 12.1. The Hall–Kier alpha value is -0.990. The van der Waals surface area contributed by atoms with Crippen molar-refractivity contribution in [3.8, 4) is 6.07 Å². The van der Waals surface area contributed by atoms with E-state index in [9.17, 15) is 4.79 Å². The van der Waals surface area contributed by atoms with Crippen LogP contribution < -0.4 is 0 Å². The van der Waals surface area contributed by atoms with Gasteiger partial charge in [-0.3, -0.25) is 4.79 Å². The van der Waals surface area contributed by atoms with Crippen LogP contribution in [0.1, 0.15) is 33.5 Å². The summed E-state index contributed by atoms with van der Waals surface area (Å²) in [7, 11) is 0. The van der Waals surface area contributed by atoms with Crippen LogP contribution in [0.5, 0.6) is 0 Å². The Morgan fingerprint density at radius 2 is 2.44 bits per heavy atom. The van der Waals surface area contributed by atoms with Gasteiger partial charge in [-0.2, -0.15) is 17.0 Å². The van der Waals surface area contributed by atoms with Crippen LogP contribution in [0.2, 0.25) is 0 Å². The molecule has 96 valence electrons. The van der Waals surface area contributed by atoms with Gasteiger partial charge in [-0.15, -0.1) is 11.3 Å². The summed E-state index contributed by atoms with van der Waals surface area (Å²) in [5.74, 6) is 2.19. The van der Waals surface area contributed by atoms with Crippen LogP contribution in [0.15, 0.2) is 6.07 Å². The van der Waals surface area contributed by atoms with Crippen molar-refractivity contribution in [2.24, 2.45) is 0 Å². The van der Waals surface area contributed by atoms with Crippen LogP contribution in [0.3, 0.4) is 0 Å². The molecule has 0 unspecified atom stereocenters. The Labute approximate surface area is 116 Å². The van der Waals surface area contributed by atoms with Gasteiger partial charge in [0.05, 0.1) is 10.9 Å². The Bertz CT molecular complexity index is 452. The van der Waals surface area contributed by atoms with Crippen molar-refractivity contribution in [3.63, 3.8) is 0 Å². The molecule has 0 bridgehead atoms. The summed E-state index contributed by atoms with van der Waals surface area (Å²) in [4.78, 5) is 16.1. The predicted octanol–water partition coefficient (Wildman–Crippen LogP) is 2.91. The molecule has 1 aromatic rings. The zero-order chi connectivity index (χ0) is 13.0. The molecule has 0 fully saturated rings. The molecule has 1 aromatic heterocycles. The number of nitrogens with zero attached hydrogens (tertiary/aromatic N) is 2. The van der Waals surface area contributed by atoms with E-state index in [-0.39, 0.29) is 12.5 Å². The molecule has 1 amide bonds. The van der Waals surface area contributed by atoms with E-state index in [0.717, 1.165) is 29.2 Å². The van der Waals surface area contributed by atoms with Gasteiger partial charge in [0.25, 0.3) is 5.91 Å². The second-order valence-electron chi connectivity index (χ2n) is 4.25. The highest BCUT2D eigenvalue weighted by Gasteiger charge is 2.21. The Kier molecular flexibility index (Phi) is 4.67. The first-order chi connectivity index (χ1) is 8.76. The third kappa shape index (κ3) is 2.88. The maximum absolute atomic E-state index is 12.3. The predicted molar refractivity (Wildman–Crippen MR) is 76.0 cm³/mol. The summed E-state index contributed by atoms with van der Waals surface area (Å²) in [5, 5.41) is 8.78. The Morgan fingerprint density at radius 3 is 3.11 bits per heavy atom. The van der Waals surface area contributed by atoms with E-state index in [1.807, 2.05) is 24.8 Å². The average molecular weight is 280 g/mol. The molecular weight excluding hydrogens is 264 g/mol. The topological polar surface area (TPSA) is 44.1 Å². The highest BCUT2D eigenvalue weighted by molar-refractivity contribution is 7.98. The highest BCUT2D eigenvalue weighted by Crippen LogP contribution is 2.32. The van der Waals surface area contributed by atoms with Crippen LogP contribution in [-0.2, 0) is 12.2 Å². The number of hydrogen-bond donors (Lipinski definition) is 0. The van der Waals surface area contributed by atoms with Gasteiger partial charge in [0.1, 0.15) is 6.54 Å². The van der Waals surface area contributed by atoms with Gasteiger partial charge >= 0.3 is 0 Å². The number of thiophene rings is 1. The molecule has 0 saturated carbocycles. The summed E-state index contributed by atoms with van der Waals surface area (Å²) < 4.78 is 0. The van der Waals surface area contributed by atoms with Gasteiger partial charge in [0.15, 0.2) is 0 Å². The van der Waals surface area contributed by atoms with Crippen LogP contribution in [0.25, 0.3) is 0 Å². The molecule has 5 heteroatoms. The fourth-order valence-electron chi connectivity index (χ4n) is 2.02. The summed E-state index contributed by atoms with van der Waals surface area (Å²) in [6, 6.07) is 4.09. The van der Waals surface area contributed by atoms with Gasteiger partial charge in [0.2, 0.25) is 0 Å². The van der Waals surface area contributed by atoms with Crippen molar-refractivity contribution in [2.45, 2.75) is 25.5 Å². The number of hydrogen-bond acceptors (Lipinski definition) is 4. The first-order valence-corrected chi connectivity index (χ1v) is 8.09. The zero-order valence-electron chi connectivity index (χ0n) is 10.4. The molecule has 0 spiro atoms. The van der Waals surface area contributed by atoms with E-state index in [4.69, 9.17) is 5.26 Å². The third-order valence-electron chi connectivity index (χ3n) is 2.88. The molecule has 18 heavy (non-hydrogen) atoms. The molecule has 0 aromatic carbocycles. The van der Waals surface area contributed by atoms with E-state index < -0.39 is 0 Å². The van der Waals surface area contributed by atoms with Crippen molar-refractivity contribution >= 4 is 29.0 Å². The quantitative estimate of drug-likeness (QED) is 0.797. The first-order valence-electron chi connectivity index (χ1n) is 6.11. The Balaban J connectivity index is 2.16. The van der Waals surface area contributed by atoms with Gasteiger partial charge in [0, 0.05) is 17.2 Å².